The number of nitrogens with one attached hydrogen (secondary N) is 2. The van der Waals surface area contributed by atoms with Gasteiger partial charge in [0.15, 0.2) is 0 Å². The summed E-state index contributed by atoms with van der Waals surface area (Å²) < 4.78 is 0. The quantitative estimate of drug-likeness (QED) is 0.504. The van der Waals surface area contributed by atoms with Crippen LogP contribution in [0.15, 0.2) is 66.7 Å². The second kappa shape index (κ2) is 11.5. The van der Waals surface area contributed by atoms with Crippen molar-refractivity contribution in [3.05, 3.63) is 83.4 Å². The van der Waals surface area contributed by atoms with E-state index in [2.05, 4.69) is 52.8 Å². The summed E-state index contributed by atoms with van der Waals surface area (Å²) >= 11 is 0. The van der Waals surface area contributed by atoms with Crippen LogP contribution in [0, 0.1) is 12.8 Å². The second-order valence-corrected chi connectivity index (χ2v) is 10.2. The third-order valence-corrected chi connectivity index (χ3v) is 6.87. The van der Waals surface area contributed by atoms with Crippen LogP contribution in [0.2, 0.25) is 0 Å². The number of amides is 2. The zero-order valence-electron chi connectivity index (χ0n) is 21.1. The number of benzene rings is 3. The van der Waals surface area contributed by atoms with E-state index in [0.717, 1.165) is 48.8 Å². The second-order valence-electron chi connectivity index (χ2n) is 10.2. The first-order valence-corrected chi connectivity index (χ1v) is 12.7. The zero-order chi connectivity index (χ0) is 24.8. The third-order valence-electron chi connectivity index (χ3n) is 6.87. The number of aryl methyl sites for hydroxylation is 1. The van der Waals surface area contributed by atoms with Crippen LogP contribution in [0.1, 0.15) is 43.4 Å². The van der Waals surface area contributed by atoms with Gasteiger partial charge in [-0.25, -0.2) is 0 Å². The van der Waals surface area contributed by atoms with Gasteiger partial charge in [0.2, 0.25) is 11.8 Å². The van der Waals surface area contributed by atoms with E-state index in [9.17, 15) is 9.59 Å². The lowest BCUT2D eigenvalue weighted by Gasteiger charge is -2.33. The summed E-state index contributed by atoms with van der Waals surface area (Å²) in [4.78, 5) is 28.3. The molecule has 1 aliphatic heterocycles. The standard InChI is InChI=1S/C30H37N3O2/c1-21(2)29(32-28(34)19-23-11-12-25-9-4-5-10-26(25)18-23)30(35)31-27-13-15-33(16-14-27)20-24-8-6-7-22(3)17-24/h4-12,17-18,21,27,29H,13-16,19-20H2,1-3H3,(H,31,35)(H,32,34). The predicted molar refractivity (Wildman–Crippen MR) is 142 cm³/mol. The first-order chi connectivity index (χ1) is 16.9. The summed E-state index contributed by atoms with van der Waals surface area (Å²) in [6, 6.07) is 22.4. The molecule has 1 unspecified atom stereocenters. The van der Waals surface area contributed by atoms with Gasteiger partial charge in [0.05, 0.1) is 6.42 Å². The van der Waals surface area contributed by atoms with Gasteiger partial charge in [0, 0.05) is 25.7 Å². The van der Waals surface area contributed by atoms with Gasteiger partial charge >= 0.3 is 0 Å². The minimum atomic E-state index is -0.534. The molecule has 1 heterocycles. The Morgan fingerprint density at radius 3 is 2.37 bits per heavy atom. The number of rotatable bonds is 8. The van der Waals surface area contributed by atoms with Crippen molar-refractivity contribution in [3.63, 3.8) is 0 Å². The van der Waals surface area contributed by atoms with E-state index >= 15 is 0 Å². The Labute approximate surface area is 208 Å². The van der Waals surface area contributed by atoms with E-state index < -0.39 is 6.04 Å². The molecule has 2 amide bonds. The summed E-state index contributed by atoms with van der Waals surface area (Å²) in [6.45, 7) is 8.94. The Morgan fingerprint density at radius 1 is 0.914 bits per heavy atom. The van der Waals surface area contributed by atoms with Gasteiger partial charge in [0.25, 0.3) is 0 Å². The van der Waals surface area contributed by atoms with Gasteiger partial charge in [0.1, 0.15) is 6.04 Å². The van der Waals surface area contributed by atoms with Crippen LogP contribution in [0.3, 0.4) is 0 Å². The number of nitrogens with zero attached hydrogens (tertiary/aromatic N) is 1. The van der Waals surface area contributed by atoms with Crippen molar-refractivity contribution in [1.29, 1.82) is 0 Å². The first kappa shape index (κ1) is 24.9. The molecular formula is C30H37N3O2. The summed E-state index contributed by atoms with van der Waals surface area (Å²) in [5.74, 6) is -0.192. The van der Waals surface area contributed by atoms with Crippen LogP contribution in [0.25, 0.3) is 10.8 Å². The Hall–Kier alpha value is -3.18. The van der Waals surface area contributed by atoms with E-state index in [-0.39, 0.29) is 30.2 Å². The van der Waals surface area contributed by atoms with Gasteiger partial charge in [-0.05, 0) is 47.6 Å². The van der Waals surface area contributed by atoms with E-state index in [1.54, 1.807) is 0 Å². The van der Waals surface area contributed by atoms with Gasteiger partial charge < -0.3 is 10.6 Å². The van der Waals surface area contributed by atoms with Crippen molar-refractivity contribution < 1.29 is 9.59 Å². The first-order valence-electron chi connectivity index (χ1n) is 12.7. The fourth-order valence-electron chi connectivity index (χ4n) is 4.89. The number of piperidine rings is 1. The molecule has 35 heavy (non-hydrogen) atoms. The number of carbonyl (C=O) groups is 2. The number of likely N-dealkylation sites (tertiary alicyclic amines) is 1. The molecule has 2 N–H and O–H groups in total. The van der Waals surface area contributed by atoms with Crippen molar-refractivity contribution in [2.24, 2.45) is 5.92 Å². The van der Waals surface area contributed by atoms with Crippen LogP contribution in [0.5, 0.6) is 0 Å². The minimum absolute atomic E-state index is 0.0111. The highest BCUT2D eigenvalue weighted by atomic mass is 16.2. The Kier molecular flexibility index (Phi) is 8.19. The molecule has 0 spiro atoms. The summed E-state index contributed by atoms with van der Waals surface area (Å²) in [5, 5.41) is 8.46. The molecule has 4 rings (SSSR count). The molecule has 0 bridgehead atoms. The van der Waals surface area contributed by atoms with Gasteiger partial charge in [-0.1, -0.05) is 86.1 Å². The molecule has 0 aliphatic carbocycles. The summed E-state index contributed by atoms with van der Waals surface area (Å²) in [6.07, 6.45) is 2.11. The molecule has 1 aliphatic rings. The molecule has 0 aromatic heterocycles. The highest BCUT2D eigenvalue weighted by Crippen LogP contribution is 2.17. The van der Waals surface area contributed by atoms with Gasteiger partial charge in [-0.3, -0.25) is 14.5 Å². The lowest BCUT2D eigenvalue weighted by molar-refractivity contribution is -0.130. The Morgan fingerprint density at radius 2 is 1.66 bits per heavy atom. The highest BCUT2D eigenvalue weighted by molar-refractivity contribution is 5.89. The average Bonchev–Trinajstić information content (AvgIpc) is 2.83. The number of hydrogen-bond donors (Lipinski definition) is 2. The van der Waals surface area contributed by atoms with E-state index in [0.29, 0.717) is 0 Å². The van der Waals surface area contributed by atoms with Gasteiger partial charge in [-0.15, -0.1) is 0 Å². The molecule has 3 aromatic carbocycles. The maximum absolute atomic E-state index is 13.1. The van der Waals surface area contributed by atoms with Crippen LogP contribution < -0.4 is 10.6 Å². The SMILES string of the molecule is Cc1cccc(CN2CCC(NC(=O)C(NC(=O)Cc3ccc4ccccc4c3)C(C)C)CC2)c1. The molecule has 0 saturated carbocycles. The zero-order valence-corrected chi connectivity index (χ0v) is 21.1. The van der Waals surface area contributed by atoms with Crippen molar-refractivity contribution in [3.8, 4) is 0 Å². The fourth-order valence-corrected chi connectivity index (χ4v) is 4.89. The Bertz CT molecular complexity index is 1160. The van der Waals surface area contributed by atoms with E-state index in [4.69, 9.17) is 0 Å². The maximum Gasteiger partial charge on any atom is 0.243 e. The highest BCUT2D eigenvalue weighted by Gasteiger charge is 2.28. The van der Waals surface area contributed by atoms with E-state index in [1.807, 2.05) is 50.2 Å². The summed E-state index contributed by atoms with van der Waals surface area (Å²) in [5.41, 5.74) is 3.57. The fraction of sp³-hybridized carbons (Fsp3) is 0.400. The molecule has 0 radical (unpaired) electrons. The molecule has 5 heteroatoms. The third kappa shape index (κ3) is 6.92. The van der Waals surface area contributed by atoms with Crippen molar-refractivity contribution in [1.82, 2.24) is 15.5 Å². The lowest BCUT2D eigenvalue weighted by Crippen LogP contribution is -2.54. The molecule has 1 fully saturated rings. The molecular weight excluding hydrogens is 434 g/mol. The lowest BCUT2D eigenvalue weighted by atomic mass is 9.99. The van der Waals surface area contributed by atoms with Crippen LogP contribution >= 0.6 is 0 Å². The molecule has 184 valence electrons. The maximum atomic E-state index is 13.1. The molecule has 5 nitrogen and oxygen atoms in total. The normalized spacial score (nSPS) is 15.8. The number of carbonyl (C=O) groups excluding carboxylic acids is 2. The summed E-state index contributed by atoms with van der Waals surface area (Å²) in [7, 11) is 0. The number of hydrogen-bond acceptors (Lipinski definition) is 3. The number of fused-ring (bicyclic) bond motifs is 1. The topological polar surface area (TPSA) is 61.4 Å². The minimum Gasteiger partial charge on any atom is -0.351 e. The van der Waals surface area contributed by atoms with Crippen molar-refractivity contribution in [2.45, 2.75) is 58.7 Å². The smallest absolute Gasteiger partial charge is 0.243 e. The predicted octanol–water partition coefficient (Wildman–Crippen LogP) is 4.61. The monoisotopic (exact) mass is 471 g/mol. The largest absolute Gasteiger partial charge is 0.351 e. The molecule has 1 saturated heterocycles. The molecule has 3 aromatic rings. The average molecular weight is 472 g/mol. The van der Waals surface area contributed by atoms with Crippen molar-refractivity contribution >= 4 is 22.6 Å². The van der Waals surface area contributed by atoms with Crippen molar-refractivity contribution in [2.75, 3.05) is 13.1 Å². The van der Waals surface area contributed by atoms with Crippen LogP contribution in [-0.4, -0.2) is 41.9 Å². The Balaban J connectivity index is 1.27. The molecule has 1 atom stereocenters. The van der Waals surface area contributed by atoms with Crippen LogP contribution in [0.4, 0.5) is 0 Å². The van der Waals surface area contributed by atoms with Crippen LogP contribution in [-0.2, 0) is 22.6 Å². The van der Waals surface area contributed by atoms with E-state index in [1.165, 1.54) is 11.1 Å². The van der Waals surface area contributed by atoms with Gasteiger partial charge in [-0.2, -0.15) is 0 Å².